The first-order chi connectivity index (χ1) is 11.0. The van der Waals surface area contributed by atoms with E-state index in [1.54, 1.807) is 12.1 Å². The van der Waals surface area contributed by atoms with Crippen molar-refractivity contribution in [1.82, 2.24) is 10.2 Å². The number of nitrogens with two attached hydrogens (primary N) is 1. The van der Waals surface area contributed by atoms with Gasteiger partial charge in [-0.1, -0.05) is 12.1 Å². The summed E-state index contributed by atoms with van der Waals surface area (Å²) < 4.78 is 22.3. The van der Waals surface area contributed by atoms with Crippen LogP contribution in [0.2, 0.25) is 0 Å². The second kappa shape index (κ2) is 8.75. The van der Waals surface area contributed by atoms with Crippen LogP contribution in [0.15, 0.2) is 29.2 Å². The fourth-order valence-corrected chi connectivity index (χ4v) is 3.51. The Hall–Kier alpha value is -0.990. The van der Waals surface area contributed by atoms with Gasteiger partial charge in [0.25, 0.3) is 0 Å². The Morgan fingerprint density at radius 3 is 2.65 bits per heavy atom. The minimum atomic E-state index is -3.61. The van der Waals surface area contributed by atoms with Crippen LogP contribution in [-0.4, -0.2) is 50.7 Å². The first kappa shape index (κ1) is 18.4. The van der Waals surface area contributed by atoms with E-state index < -0.39 is 10.0 Å². The standard InChI is InChI=1S/C16H27N3O3S/c17-23(21,22)16-7-5-14(6-8-16)12-18-9-1-2-10-19-11-3-4-15(19)13-20/h5-8,15,18,20H,1-4,9-13H2,(H2,17,21,22). The number of aliphatic hydroxyl groups is 1. The van der Waals surface area contributed by atoms with E-state index in [0.717, 1.165) is 44.5 Å². The summed E-state index contributed by atoms with van der Waals surface area (Å²) in [6.45, 7) is 4.07. The van der Waals surface area contributed by atoms with Crippen molar-refractivity contribution in [2.75, 3.05) is 26.2 Å². The molecule has 2 rings (SSSR count). The summed E-state index contributed by atoms with van der Waals surface area (Å²) >= 11 is 0. The molecule has 0 aromatic heterocycles. The normalized spacial score (nSPS) is 19.3. The maximum absolute atomic E-state index is 11.2. The zero-order valence-corrected chi connectivity index (χ0v) is 14.3. The third kappa shape index (κ3) is 5.86. The fraction of sp³-hybridized carbons (Fsp3) is 0.625. The van der Waals surface area contributed by atoms with Crippen LogP contribution in [-0.2, 0) is 16.6 Å². The van der Waals surface area contributed by atoms with Gasteiger partial charge < -0.3 is 10.4 Å². The summed E-state index contributed by atoms with van der Waals surface area (Å²) in [6, 6.07) is 7.00. The predicted octanol–water partition coefficient (Wildman–Crippen LogP) is 0.660. The quantitative estimate of drug-likeness (QED) is 0.574. The number of sulfonamides is 1. The number of likely N-dealkylation sites (tertiary alicyclic amines) is 1. The molecule has 1 fully saturated rings. The molecule has 1 aliphatic heterocycles. The number of nitrogens with one attached hydrogen (secondary N) is 1. The Labute approximate surface area is 138 Å². The van der Waals surface area contributed by atoms with Crippen molar-refractivity contribution >= 4 is 10.0 Å². The first-order valence-corrected chi connectivity index (χ1v) is 9.72. The zero-order valence-electron chi connectivity index (χ0n) is 13.4. The second-order valence-corrected chi connectivity index (χ2v) is 7.65. The molecule has 1 unspecified atom stereocenters. The van der Waals surface area contributed by atoms with E-state index in [2.05, 4.69) is 10.2 Å². The lowest BCUT2D eigenvalue weighted by Gasteiger charge is -2.22. The van der Waals surface area contributed by atoms with E-state index in [1.165, 1.54) is 18.6 Å². The van der Waals surface area contributed by atoms with Crippen LogP contribution >= 0.6 is 0 Å². The molecule has 0 spiro atoms. The summed E-state index contributed by atoms with van der Waals surface area (Å²) in [5.74, 6) is 0. The first-order valence-electron chi connectivity index (χ1n) is 8.18. The van der Waals surface area contributed by atoms with Crippen molar-refractivity contribution in [2.45, 2.75) is 43.2 Å². The number of aliphatic hydroxyl groups excluding tert-OH is 1. The maximum Gasteiger partial charge on any atom is 0.238 e. The predicted molar refractivity (Wildman–Crippen MR) is 90.4 cm³/mol. The molecule has 7 heteroatoms. The highest BCUT2D eigenvalue weighted by Crippen LogP contribution is 2.16. The van der Waals surface area contributed by atoms with Gasteiger partial charge in [-0.05, 0) is 63.0 Å². The zero-order chi connectivity index (χ0) is 16.7. The summed E-state index contributed by atoms with van der Waals surface area (Å²) in [7, 11) is -3.61. The Kier molecular flexibility index (Phi) is 6.98. The number of unbranched alkanes of at least 4 members (excludes halogenated alkanes) is 1. The van der Waals surface area contributed by atoms with Crippen LogP contribution in [0.4, 0.5) is 0 Å². The average molecular weight is 341 g/mol. The van der Waals surface area contributed by atoms with Gasteiger partial charge in [0.05, 0.1) is 11.5 Å². The molecular weight excluding hydrogens is 314 g/mol. The van der Waals surface area contributed by atoms with Gasteiger partial charge in [-0.15, -0.1) is 0 Å². The van der Waals surface area contributed by atoms with Gasteiger partial charge in [0.15, 0.2) is 0 Å². The van der Waals surface area contributed by atoms with Gasteiger partial charge in [-0.25, -0.2) is 13.6 Å². The Balaban J connectivity index is 1.60. The van der Waals surface area contributed by atoms with E-state index in [9.17, 15) is 13.5 Å². The Bertz CT molecular complexity index is 575. The molecule has 0 amide bonds. The Morgan fingerprint density at radius 2 is 2.00 bits per heavy atom. The number of hydrogen-bond donors (Lipinski definition) is 3. The highest BCUT2D eigenvalue weighted by Gasteiger charge is 2.22. The number of nitrogens with zero attached hydrogens (tertiary/aromatic N) is 1. The van der Waals surface area contributed by atoms with Gasteiger partial charge in [0.1, 0.15) is 0 Å². The van der Waals surface area contributed by atoms with Gasteiger partial charge >= 0.3 is 0 Å². The van der Waals surface area contributed by atoms with Crippen LogP contribution in [0.25, 0.3) is 0 Å². The van der Waals surface area contributed by atoms with E-state index in [0.29, 0.717) is 12.6 Å². The van der Waals surface area contributed by atoms with Crippen molar-refractivity contribution in [3.8, 4) is 0 Å². The molecule has 4 N–H and O–H groups in total. The highest BCUT2D eigenvalue weighted by molar-refractivity contribution is 7.89. The van der Waals surface area contributed by atoms with E-state index in [-0.39, 0.29) is 11.5 Å². The smallest absolute Gasteiger partial charge is 0.238 e. The minimum absolute atomic E-state index is 0.144. The van der Waals surface area contributed by atoms with Crippen LogP contribution in [0, 0.1) is 0 Å². The molecule has 1 aromatic rings. The number of primary sulfonamides is 1. The fourth-order valence-electron chi connectivity index (χ4n) is 2.99. The topological polar surface area (TPSA) is 95.7 Å². The van der Waals surface area contributed by atoms with Crippen LogP contribution in [0.3, 0.4) is 0 Å². The number of rotatable bonds is 9. The number of hydrogen-bond acceptors (Lipinski definition) is 5. The van der Waals surface area contributed by atoms with Crippen molar-refractivity contribution in [3.63, 3.8) is 0 Å². The van der Waals surface area contributed by atoms with Crippen molar-refractivity contribution < 1.29 is 13.5 Å². The van der Waals surface area contributed by atoms with Crippen molar-refractivity contribution in [2.24, 2.45) is 5.14 Å². The molecule has 1 heterocycles. The molecule has 1 aliphatic rings. The van der Waals surface area contributed by atoms with Crippen LogP contribution in [0.1, 0.15) is 31.2 Å². The van der Waals surface area contributed by atoms with E-state index in [1.807, 2.05) is 0 Å². The largest absolute Gasteiger partial charge is 0.395 e. The average Bonchev–Trinajstić information content (AvgIpc) is 2.98. The van der Waals surface area contributed by atoms with Gasteiger partial charge in [-0.3, -0.25) is 4.90 Å². The maximum atomic E-state index is 11.2. The lowest BCUT2D eigenvalue weighted by molar-refractivity contribution is 0.157. The van der Waals surface area contributed by atoms with Crippen LogP contribution in [0.5, 0.6) is 0 Å². The molecule has 1 aromatic carbocycles. The molecule has 0 saturated carbocycles. The monoisotopic (exact) mass is 341 g/mol. The highest BCUT2D eigenvalue weighted by atomic mass is 32.2. The Morgan fingerprint density at radius 1 is 1.26 bits per heavy atom. The van der Waals surface area contributed by atoms with Gasteiger partial charge in [0.2, 0.25) is 10.0 Å². The van der Waals surface area contributed by atoms with E-state index >= 15 is 0 Å². The van der Waals surface area contributed by atoms with E-state index in [4.69, 9.17) is 5.14 Å². The molecule has 0 bridgehead atoms. The minimum Gasteiger partial charge on any atom is -0.395 e. The number of benzene rings is 1. The molecule has 130 valence electrons. The van der Waals surface area contributed by atoms with Crippen LogP contribution < -0.4 is 10.5 Å². The molecule has 0 radical (unpaired) electrons. The molecule has 1 saturated heterocycles. The summed E-state index contributed by atoms with van der Waals surface area (Å²) in [5.41, 5.74) is 1.04. The molecule has 6 nitrogen and oxygen atoms in total. The SMILES string of the molecule is NS(=O)(=O)c1ccc(CNCCCCN2CCCC2CO)cc1. The third-order valence-electron chi connectivity index (χ3n) is 4.34. The lowest BCUT2D eigenvalue weighted by Crippen LogP contribution is -2.33. The third-order valence-corrected chi connectivity index (χ3v) is 5.27. The molecule has 1 atom stereocenters. The molecular formula is C16H27N3O3S. The summed E-state index contributed by atoms with van der Waals surface area (Å²) in [5, 5.41) is 17.7. The van der Waals surface area contributed by atoms with Gasteiger partial charge in [0, 0.05) is 12.6 Å². The summed E-state index contributed by atoms with van der Waals surface area (Å²) in [6.07, 6.45) is 4.51. The second-order valence-electron chi connectivity index (χ2n) is 6.09. The lowest BCUT2D eigenvalue weighted by atomic mass is 10.2. The van der Waals surface area contributed by atoms with Gasteiger partial charge in [-0.2, -0.15) is 0 Å². The van der Waals surface area contributed by atoms with Crippen molar-refractivity contribution in [3.05, 3.63) is 29.8 Å². The molecule has 0 aliphatic carbocycles. The van der Waals surface area contributed by atoms with Crippen molar-refractivity contribution in [1.29, 1.82) is 0 Å². The summed E-state index contributed by atoms with van der Waals surface area (Å²) in [4.78, 5) is 2.52. The molecule has 23 heavy (non-hydrogen) atoms.